The van der Waals surface area contributed by atoms with Crippen molar-refractivity contribution in [3.05, 3.63) is 0 Å². The van der Waals surface area contributed by atoms with E-state index in [0.717, 1.165) is 12.1 Å². The maximum atomic E-state index is 3.84. The van der Waals surface area contributed by atoms with E-state index in [4.69, 9.17) is 0 Å². The number of hydrogen-bond acceptors (Lipinski definition) is 2. The molecule has 1 saturated carbocycles. The summed E-state index contributed by atoms with van der Waals surface area (Å²) in [5, 5.41) is 3.84. The third-order valence-corrected chi connectivity index (χ3v) is 4.75. The lowest BCUT2D eigenvalue weighted by molar-refractivity contribution is 0.184. The summed E-state index contributed by atoms with van der Waals surface area (Å²) in [6.45, 7) is 10.9. The number of hydrogen-bond donors (Lipinski definition) is 1. The van der Waals surface area contributed by atoms with Crippen LogP contribution in [-0.4, -0.2) is 36.6 Å². The molecule has 2 atom stereocenters. The summed E-state index contributed by atoms with van der Waals surface area (Å²) in [5.41, 5.74) is 0.566. The molecule has 0 aromatic heterocycles. The fourth-order valence-corrected chi connectivity index (χ4v) is 3.72. The minimum absolute atomic E-state index is 0.566. The Balaban J connectivity index is 1.74. The molecule has 100 valence electrons. The Kier molecular flexibility index (Phi) is 4.48. The zero-order valence-corrected chi connectivity index (χ0v) is 12.0. The largest absolute Gasteiger partial charge is 0.312 e. The van der Waals surface area contributed by atoms with Crippen LogP contribution in [0, 0.1) is 5.41 Å². The first kappa shape index (κ1) is 13.4. The molecule has 0 radical (unpaired) electrons. The molecule has 1 aliphatic heterocycles. The van der Waals surface area contributed by atoms with Crippen molar-refractivity contribution in [3.63, 3.8) is 0 Å². The Bertz CT molecular complexity index is 237. The number of nitrogens with one attached hydrogen (secondary N) is 1. The van der Waals surface area contributed by atoms with Crippen LogP contribution in [0.2, 0.25) is 0 Å². The van der Waals surface area contributed by atoms with E-state index in [1.165, 1.54) is 58.2 Å². The molecule has 2 heteroatoms. The van der Waals surface area contributed by atoms with Crippen LogP contribution in [0.1, 0.15) is 59.3 Å². The van der Waals surface area contributed by atoms with Gasteiger partial charge in [-0.05, 0) is 50.6 Å². The monoisotopic (exact) mass is 238 g/mol. The van der Waals surface area contributed by atoms with Crippen molar-refractivity contribution in [1.82, 2.24) is 10.2 Å². The first-order valence-electron chi connectivity index (χ1n) is 7.58. The van der Waals surface area contributed by atoms with Crippen molar-refractivity contribution in [2.45, 2.75) is 71.4 Å². The van der Waals surface area contributed by atoms with Crippen LogP contribution in [-0.2, 0) is 0 Å². The van der Waals surface area contributed by atoms with Crippen molar-refractivity contribution in [1.29, 1.82) is 0 Å². The van der Waals surface area contributed by atoms with Crippen LogP contribution in [0.15, 0.2) is 0 Å². The van der Waals surface area contributed by atoms with Gasteiger partial charge in [0.05, 0.1) is 0 Å². The number of likely N-dealkylation sites (N-methyl/N-ethyl adjacent to an activating group) is 1. The fraction of sp³-hybridized carbons (Fsp3) is 1.00. The van der Waals surface area contributed by atoms with Gasteiger partial charge in [0.2, 0.25) is 0 Å². The molecule has 0 amide bonds. The van der Waals surface area contributed by atoms with Crippen LogP contribution < -0.4 is 5.32 Å². The Hall–Kier alpha value is -0.0800. The molecule has 1 heterocycles. The molecular weight excluding hydrogens is 208 g/mol. The fourth-order valence-electron chi connectivity index (χ4n) is 3.72. The standard InChI is InChI=1S/C15H30N2/c1-4-17-10-6-8-14(17)12-16-13-7-5-9-15(2,3)11-13/h13-14,16H,4-12H2,1-3H3. The molecule has 0 bridgehead atoms. The second kappa shape index (κ2) is 5.71. The number of likely N-dealkylation sites (tertiary alicyclic amines) is 1. The van der Waals surface area contributed by atoms with Gasteiger partial charge >= 0.3 is 0 Å². The van der Waals surface area contributed by atoms with Crippen LogP contribution >= 0.6 is 0 Å². The average molecular weight is 238 g/mol. The molecular formula is C15H30N2. The zero-order valence-electron chi connectivity index (χ0n) is 12.0. The van der Waals surface area contributed by atoms with Crippen molar-refractivity contribution < 1.29 is 0 Å². The quantitative estimate of drug-likeness (QED) is 0.810. The molecule has 2 aliphatic rings. The average Bonchev–Trinajstić information content (AvgIpc) is 2.72. The highest BCUT2D eigenvalue weighted by Crippen LogP contribution is 2.35. The molecule has 2 nitrogen and oxygen atoms in total. The Morgan fingerprint density at radius 2 is 2.06 bits per heavy atom. The van der Waals surface area contributed by atoms with E-state index < -0.39 is 0 Å². The predicted molar refractivity (Wildman–Crippen MR) is 74.3 cm³/mol. The lowest BCUT2D eigenvalue weighted by Crippen LogP contribution is -2.44. The highest BCUT2D eigenvalue weighted by molar-refractivity contribution is 4.86. The van der Waals surface area contributed by atoms with Gasteiger partial charge in [0.1, 0.15) is 0 Å². The zero-order chi connectivity index (χ0) is 12.3. The van der Waals surface area contributed by atoms with Crippen LogP contribution in [0.3, 0.4) is 0 Å². The molecule has 17 heavy (non-hydrogen) atoms. The molecule has 1 saturated heterocycles. The van der Waals surface area contributed by atoms with Gasteiger partial charge in [0.15, 0.2) is 0 Å². The first-order valence-corrected chi connectivity index (χ1v) is 7.58. The van der Waals surface area contributed by atoms with Crippen molar-refractivity contribution in [3.8, 4) is 0 Å². The molecule has 2 unspecified atom stereocenters. The van der Waals surface area contributed by atoms with E-state index in [1.807, 2.05) is 0 Å². The normalized spacial score (nSPS) is 34.1. The molecule has 0 aromatic rings. The van der Waals surface area contributed by atoms with Gasteiger partial charge in [-0.2, -0.15) is 0 Å². The molecule has 1 aliphatic carbocycles. The van der Waals surface area contributed by atoms with E-state index in [9.17, 15) is 0 Å². The Labute approximate surface area is 107 Å². The third kappa shape index (κ3) is 3.69. The SMILES string of the molecule is CCN1CCCC1CNC1CCCC(C)(C)C1. The Morgan fingerprint density at radius 1 is 1.24 bits per heavy atom. The van der Waals surface area contributed by atoms with Gasteiger partial charge in [-0.3, -0.25) is 4.90 Å². The van der Waals surface area contributed by atoms with Crippen LogP contribution in [0.5, 0.6) is 0 Å². The summed E-state index contributed by atoms with van der Waals surface area (Å²) < 4.78 is 0. The van der Waals surface area contributed by atoms with Crippen molar-refractivity contribution in [2.75, 3.05) is 19.6 Å². The van der Waals surface area contributed by atoms with E-state index in [0.29, 0.717) is 5.41 Å². The topological polar surface area (TPSA) is 15.3 Å². The minimum Gasteiger partial charge on any atom is -0.312 e. The molecule has 0 aromatic carbocycles. The van der Waals surface area contributed by atoms with E-state index >= 15 is 0 Å². The van der Waals surface area contributed by atoms with E-state index in [-0.39, 0.29) is 0 Å². The maximum Gasteiger partial charge on any atom is 0.0221 e. The maximum absolute atomic E-state index is 3.84. The smallest absolute Gasteiger partial charge is 0.0221 e. The van der Waals surface area contributed by atoms with Crippen LogP contribution in [0.25, 0.3) is 0 Å². The summed E-state index contributed by atoms with van der Waals surface area (Å²) in [4.78, 5) is 2.64. The van der Waals surface area contributed by atoms with Crippen molar-refractivity contribution >= 4 is 0 Å². The summed E-state index contributed by atoms with van der Waals surface area (Å²) in [6, 6.07) is 1.59. The lowest BCUT2D eigenvalue weighted by atomic mass is 9.75. The van der Waals surface area contributed by atoms with Gasteiger partial charge in [-0.15, -0.1) is 0 Å². The van der Waals surface area contributed by atoms with Crippen LogP contribution in [0.4, 0.5) is 0 Å². The molecule has 0 spiro atoms. The molecule has 2 fully saturated rings. The first-order chi connectivity index (χ1) is 8.11. The highest BCUT2D eigenvalue weighted by Gasteiger charge is 2.29. The third-order valence-electron chi connectivity index (χ3n) is 4.75. The second-order valence-electron chi connectivity index (χ2n) is 6.79. The van der Waals surface area contributed by atoms with E-state index in [2.05, 4.69) is 31.0 Å². The Morgan fingerprint density at radius 3 is 2.76 bits per heavy atom. The summed E-state index contributed by atoms with van der Waals surface area (Å²) >= 11 is 0. The number of rotatable bonds is 4. The summed E-state index contributed by atoms with van der Waals surface area (Å²) in [7, 11) is 0. The summed E-state index contributed by atoms with van der Waals surface area (Å²) in [5.74, 6) is 0. The van der Waals surface area contributed by atoms with Gasteiger partial charge in [0.25, 0.3) is 0 Å². The number of nitrogens with zero attached hydrogens (tertiary/aromatic N) is 1. The highest BCUT2D eigenvalue weighted by atomic mass is 15.2. The predicted octanol–water partition coefficient (Wildman–Crippen LogP) is 3.03. The van der Waals surface area contributed by atoms with Gasteiger partial charge in [-0.1, -0.05) is 27.2 Å². The summed E-state index contributed by atoms with van der Waals surface area (Å²) in [6.07, 6.45) is 8.38. The van der Waals surface area contributed by atoms with Gasteiger partial charge < -0.3 is 5.32 Å². The molecule has 2 rings (SSSR count). The van der Waals surface area contributed by atoms with Gasteiger partial charge in [0, 0.05) is 18.6 Å². The van der Waals surface area contributed by atoms with E-state index in [1.54, 1.807) is 0 Å². The minimum atomic E-state index is 0.566. The second-order valence-corrected chi connectivity index (χ2v) is 6.79. The lowest BCUT2D eigenvalue weighted by Gasteiger charge is -2.36. The molecule has 1 N–H and O–H groups in total. The van der Waals surface area contributed by atoms with Gasteiger partial charge in [-0.25, -0.2) is 0 Å². The van der Waals surface area contributed by atoms with Crippen molar-refractivity contribution in [2.24, 2.45) is 5.41 Å².